The number of carbonyl (C=O) groups excluding carboxylic acids is 4. The number of rotatable bonds is 7. The van der Waals surface area contributed by atoms with E-state index in [-0.39, 0.29) is 33.2 Å². The summed E-state index contributed by atoms with van der Waals surface area (Å²) < 4.78 is 9.43. The van der Waals surface area contributed by atoms with E-state index in [0.717, 1.165) is 17.5 Å². The number of H-pyrrole nitrogens is 1. The molecule has 218 valence electrons. The number of carbonyl (C=O) groups is 4. The zero-order valence-electron chi connectivity index (χ0n) is 22.5. The van der Waals surface area contributed by atoms with Gasteiger partial charge in [-0.15, -0.1) is 0 Å². The number of hydrogen-bond acceptors (Lipinski definition) is 11. The van der Waals surface area contributed by atoms with Gasteiger partial charge in [0.25, 0.3) is 5.91 Å². The Labute approximate surface area is 246 Å². The smallest absolute Gasteiger partial charge is 0.413 e. The van der Waals surface area contributed by atoms with Crippen LogP contribution in [0.3, 0.4) is 0 Å². The van der Waals surface area contributed by atoms with Gasteiger partial charge in [0.15, 0.2) is 10.9 Å². The maximum Gasteiger partial charge on any atom is 0.413 e. The van der Waals surface area contributed by atoms with Crippen LogP contribution in [0.1, 0.15) is 33.2 Å². The van der Waals surface area contributed by atoms with E-state index < -0.39 is 22.9 Å². The summed E-state index contributed by atoms with van der Waals surface area (Å²) in [5.41, 5.74) is 2.61. The van der Waals surface area contributed by atoms with Crippen LogP contribution >= 0.6 is 11.3 Å². The predicted molar refractivity (Wildman–Crippen MR) is 156 cm³/mol. The summed E-state index contributed by atoms with van der Waals surface area (Å²) in [6, 6.07) is 20.3. The van der Waals surface area contributed by atoms with Gasteiger partial charge >= 0.3 is 17.1 Å². The fraction of sp³-hybridized carbons (Fsp3) is 0.0714. The molecule has 2 amide bonds. The van der Waals surface area contributed by atoms with Crippen molar-refractivity contribution in [2.24, 2.45) is 0 Å². The number of aromatic nitrogens is 3. The monoisotopic (exact) mass is 602 g/mol. The molecule has 2 aromatic heterocycles. The van der Waals surface area contributed by atoms with Crippen molar-refractivity contribution < 1.29 is 33.6 Å². The van der Waals surface area contributed by atoms with E-state index in [1.54, 1.807) is 42.5 Å². The number of nitrogens with zero attached hydrogens (tertiary/aromatic N) is 3. The highest BCUT2D eigenvalue weighted by Crippen LogP contribution is 2.26. The zero-order chi connectivity index (χ0) is 30.9. The van der Waals surface area contributed by atoms with Crippen LogP contribution in [0.15, 0.2) is 79.0 Å². The maximum atomic E-state index is 12.4. The number of ketones is 1. The van der Waals surface area contributed by atoms with Crippen LogP contribution in [0.5, 0.6) is 5.75 Å². The van der Waals surface area contributed by atoms with E-state index in [0.29, 0.717) is 22.2 Å². The highest BCUT2D eigenvalue weighted by atomic mass is 32.1. The fourth-order valence-corrected chi connectivity index (χ4v) is 4.21. The SMILES string of the molecule is CC(=O)Oc1ccccc1C(=O)Nc1ncc([N+](=O)[O-])s1.COC(=O)Nc1nc2ccc(C(=O)c3ccccc3)cc2[nH]1. The lowest BCUT2D eigenvalue weighted by Gasteiger charge is -2.07. The number of nitro groups is 1. The number of aromatic amines is 1. The number of hydrogen-bond donors (Lipinski definition) is 3. The molecule has 0 spiro atoms. The van der Waals surface area contributed by atoms with E-state index in [9.17, 15) is 29.3 Å². The number of esters is 1. The Morgan fingerprint density at radius 1 is 0.953 bits per heavy atom. The normalized spacial score (nSPS) is 10.2. The predicted octanol–water partition coefficient (Wildman–Crippen LogP) is 5.20. The summed E-state index contributed by atoms with van der Waals surface area (Å²) in [5, 5.41) is 15.3. The third kappa shape index (κ3) is 7.83. The Morgan fingerprint density at radius 3 is 2.35 bits per heavy atom. The van der Waals surface area contributed by atoms with Crippen molar-refractivity contribution >= 4 is 62.2 Å². The van der Waals surface area contributed by atoms with Crippen molar-refractivity contribution in [1.29, 1.82) is 0 Å². The topological polar surface area (TPSA) is 196 Å². The molecule has 0 saturated heterocycles. The van der Waals surface area contributed by atoms with Gasteiger partial charge in [0.05, 0.1) is 28.6 Å². The van der Waals surface area contributed by atoms with E-state index in [4.69, 9.17) is 4.74 Å². The molecular formula is C28H22N6O8S. The Hall–Kier alpha value is -5.96. The molecule has 0 aliphatic rings. The Morgan fingerprint density at radius 2 is 1.67 bits per heavy atom. The van der Waals surface area contributed by atoms with Gasteiger partial charge in [-0.25, -0.2) is 14.8 Å². The number of amides is 2. The quantitative estimate of drug-likeness (QED) is 0.0732. The summed E-state index contributed by atoms with van der Waals surface area (Å²) >= 11 is 0.734. The molecule has 14 nitrogen and oxygen atoms in total. The van der Waals surface area contributed by atoms with E-state index in [1.165, 1.54) is 26.2 Å². The molecule has 0 saturated carbocycles. The summed E-state index contributed by atoms with van der Waals surface area (Å²) in [7, 11) is 1.27. The van der Waals surface area contributed by atoms with Crippen LogP contribution in [-0.4, -0.2) is 50.7 Å². The number of ether oxygens (including phenoxy) is 2. The van der Waals surface area contributed by atoms with Gasteiger partial charge in [-0.1, -0.05) is 42.5 Å². The summed E-state index contributed by atoms with van der Waals surface area (Å²) in [4.78, 5) is 67.5. The molecule has 3 aromatic carbocycles. The lowest BCUT2D eigenvalue weighted by atomic mass is 10.0. The minimum absolute atomic E-state index is 0.0698. The van der Waals surface area contributed by atoms with E-state index in [2.05, 4.69) is 30.3 Å². The minimum Gasteiger partial charge on any atom is -0.453 e. The van der Waals surface area contributed by atoms with Crippen LogP contribution in [0.25, 0.3) is 11.0 Å². The van der Waals surface area contributed by atoms with Gasteiger partial charge in [-0.05, 0) is 41.7 Å². The molecular weight excluding hydrogens is 580 g/mol. The second kappa shape index (κ2) is 13.6. The van der Waals surface area contributed by atoms with Crippen molar-refractivity contribution in [1.82, 2.24) is 15.0 Å². The number of para-hydroxylation sites is 1. The average molecular weight is 603 g/mol. The summed E-state index contributed by atoms with van der Waals surface area (Å²) in [6.07, 6.45) is 0.442. The van der Waals surface area contributed by atoms with Gasteiger partial charge in [0.2, 0.25) is 5.95 Å². The van der Waals surface area contributed by atoms with E-state index >= 15 is 0 Å². The van der Waals surface area contributed by atoms with Gasteiger partial charge in [-0.3, -0.25) is 35.1 Å². The van der Waals surface area contributed by atoms with Crippen LogP contribution in [0, 0.1) is 10.1 Å². The molecule has 0 bridgehead atoms. The van der Waals surface area contributed by atoms with Crippen LogP contribution in [0.2, 0.25) is 0 Å². The minimum atomic E-state index is -0.611. The molecule has 0 aliphatic carbocycles. The molecule has 3 N–H and O–H groups in total. The third-order valence-corrected chi connectivity index (χ3v) is 6.33. The van der Waals surface area contributed by atoms with Crippen molar-refractivity contribution in [3.05, 3.63) is 106 Å². The number of benzene rings is 3. The Balaban J connectivity index is 0.000000197. The van der Waals surface area contributed by atoms with Gasteiger partial charge in [0, 0.05) is 18.1 Å². The molecule has 15 heteroatoms. The van der Waals surface area contributed by atoms with Gasteiger partial charge < -0.3 is 14.5 Å². The summed E-state index contributed by atoms with van der Waals surface area (Å²) in [5.74, 6) is -0.824. The first kappa shape index (κ1) is 30.0. The number of thiazole rings is 1. The number of anilines is 2. The molecule has 0 unspecified atom stereocenters. The summed E-state index contributed by atoms with van der Waals surface area (Å²) in [6.45, 7) is 1.22. The molecule has 5 aromatic rings. The van der Waals surface area contributed by atoms with Crippen molar-refractivity contribution in [2.45, 2.75) is 6.92 Å². The Kier molecular flexibility index (Phi) is 9.49. The van der Waals surface area contributed by atoms with Crippen molar-refractivity contribution in [2.75, 3.05) is 17.7 Å². The van der Waals surface area contributed by atoms with Crippen LogP contribution in [0.4, 0.5) is 20.9 Å². The first-order valence-corrected chi connectivity index (χ1v) is 13.1. The molecule has 0 radical (unpaired) electrons. The van der Waals surface area contributed by atoms with Crippen LogP contribution < -0.4 is 15.4 Å². The highest BCUT2D eigenvalue weighted by Gasteiger charge is 2.18. The van der Waals surface area contributed by atoms with E-state index in [1.807, 2.05) is 18.2 Å². The third-order valence-electron chi connectivity index (χ3n) is 5.47. The maximum absolute atomic E-state index is 12.4. The number of fused-ring (bicyclic) bond motifs is 1. The molecule has 0 atom stereocenters. The lowest BCUT2D eigenvalue weighted by Crippen LogP contribution is -2.14. The number of imidazole rings is 1. The average Bonchev–Trinajstić information content (AvgIpc) is 3.63. The fourth-order valence-electron chi connectivity index (χ4n) is 3.58. The van der Waals surface area contributed by atoms with Gasteiger partial charge in [0.1, 0.15) is 11.9 Å². The first-order valence-electron chi connectivity index (χ1n) is 12.3. The van der Waals surface area contributed by atoms with Gasteiger partial charge in [-0.2, -0.15) is 0 Å². The van der Waals surface area contributed by atoms with Crippen molar-refractivity contribution in [3.8, 4) is 5.75 Å². The second-order valence-corrected chi connectivity index (χ2v) is 9.44. The molecule has 0 fully saturated rings. The highest BCUT2D eigenvalue weighted by molar-refractivity contribution is 7.18. The zero-order valence-corrected chi connectivity index (χ0v) is 23.3. The number of nitrogens with one attached hydrogen (secondary N) is 3. The standard InChI is InChI=1S/C16H13N3O3.C12H9N3O5S/c1-22-16(21)19-15-17-12-8-7-11(9-13(12)18-15)14(20)10-5-3-2-4-6-10;1-7(16)20-9-5-3-2-4-8(9)11(17)14-12-13-6-10(21-12)15(18)19/h2-9H,1H3,(H2,17,18,19,21);2-6H,1H3,(H,13,14,17). The van der Waals surface area contributed by atoms with Crippen molar-refractivity contribution in [3.63, 3.8) is 0 Å². The second-order valence-electron chi connectivity index (χ2n) is 8.43. The molecule has 43 heavy (non-hydrogen) atoms. The number of methoxy groups -OCH3 is 1. The molecule has 0 aliphatic heterocycles. The molecule has 5 rings (SSSR count). The molecule has 2 heterocycles. The van der Waals surface area contributed by atoms with Crippen LogP contribution in [-0.2, 0) is 9.53 Å². The first-order chi connectivity index (χ1) is 20.6. The lowest BCUT2D eigenvalue weighted by molar-refractivity contribution is -0.380. The Bertz CT molecular complexity index is 1820. The largest absolute Gasteiger partial charge is 0.453 e.